The fraction of sp³-hybridized carbons (Fsp3) is 0.500. The van der Waals surface area contributed by atoms with Gasteiger partial charge in [-0.1, -0.05) is 32.9 Å². The van der Waals surface area contributed by atoms with Crippen molar-refractivity contribution in [3.05, 3.63) is 29.8 Å². The smallest absolute Gasteiger partial charge is 0.243 e. The molecule has 1 aromatic carbocycles. The van der Waals surface area contributed by atoms with Gasteiger partial charge in [0, 0.05) is 11.6 Å². The number of benzene rings is 1. The third-order valence-electron chi connectivity index (χ3n) is 3.41. The van der Waals surface area contributed by atoms with Crippen LogP contribution in [-0.4, -0.2) is 18.4 Å². The number of nitrogens with one attached hydrogen (secondary N) is 2. The van der Waals surface area contributed by atoms with E-state index < -0.39 is 0 Å². The van der Waals surface area contributed by atoms with Crippen LogP contribution >= 0.6 is 0 Å². The van der Waals surface area contributed by atoms with Crippen molar-refractivity contribution in [1.29, 1.82) is 0 Å². The molecule has 0 spiro atoms. The molecule has 2 N–H and O–H groups in total. The summed E-state index contributed by atoms with van der Waals surface area (Å²) in [4.78, 5) is 23.1. The molecule has 4 heteroatoms. The highest BCUT2D eigenvalue weighted by Gasteiger charge is 2.29. The summed E-state index contributed by atoms with van der Waals surface area (Å²) in [5.41, 5.74) is 2.07. The van der Waals surface area contributed by atoms with Crippen molar-refractivity contribution in [2.45, 2.75) is 39.0 Å². The molecule has 1 aromatic rings. The summed E-state index contributed by atoms with van der Waals surface area (Å²) in [7, 11) is 0. The molecule has 0 bridgehead atoms. The van der Waals surface area contributed by atoms with Crippen molar-refractivity contribution < 1.29 is 9.59 Å². The SMILES string of the molecule is CC(C)(C)c1ccc(NC(=O)CNC(=O)C2CC2)cc1. The maximum Gasteiger partial charge on any atom is 0.243 e. The zero-order chi connectivity index (χ0) is 14.8. The number of rotatable bonds is 4. The van der Waals surface area contributed by atoms with E-state index in [4.69, 9.17) is 0 Å². The summed E-state index contributed by atoms with van der Waals surface area (Å²) in [5, 5.41) is 5.43. The first-order chi connectivity index (χ1) is 9.36. The highest BCUT2D eigenvalue weighted by molar-refractivity contribution is 5.95. The van der Waals surface area contributed by atoms with Gasteiger partial charge in [0.25, 0.3) is 0 Å². The Morgan fingerprint density at radius 1 is 1.15 bits per heavy atom. The molecular formula is C16H22N2O2. The van der Waals surface area contributed by atoms with Gasteiger partial charge in [0.2, 0.25) is 11.8 Å². The van der Waals surface area contributed by atoms with Gasteiger partial charge in [0.1, 0.15) is 0 Å². The van der Waals surface area contributed by atoms with Gasteiger partial charge in [-0.2, -0.15) is 0 Å². The summed E-state index contributed by atoms with van der Waals surface area (Å²) in [6.07, 6.45) is 1.89. The maximum atomic E-state index is 11.7. The summed E-state index contributed by atoms with van der Waals surface area (Å²) in [6, 6.07) is 7.80. The minimum atomic E-state index is -0.192. The molecule has 0 atom stereocenters. The van der Waals surface area contributed by atoms with Crippen LogP contribution in [0.3, 0.4) is 0 Å². The third-order valence-corrected chi connectivity index (χ3v) is 3.41. The van der Waals surface area contributed by atoms with Crippen LogP contribution in [0.25, 0.3) is 0 Å². The van der Waals surface area contributed by atoms with E-state index in [1.165, 1.54) is 5.56 Å². The van der Waals surface area contributed by atoms with Crippen LogP contribution in [0, 0.1) is 5.92 Å². The lowest BCUT2D eigenvalue weighted by Crippen LogP contribution is -2.33. The molecule has 2 amide bonds. The number of hydrogen-bond acceptors (Lipinski definition) is 2. The van der Waals surface area contributed by atoms with Gasteiger partial charge in [-0.05, 0) is 36.0 Å². The second kappa shape index (κ2) is 5.65. The van der Waals surface area contributed by atoms with E-state index in [9.17, 15) is 9.59 Å². The average Bonchev–Trinajstić information content (AvgIpc) is 3.20. The number of amides is 2. The van der Waals surface area contributed by atoms with E-state index in [0.29, 0.717) is 0 Å². The van der Waals surface area contributed by atoms with Crippen molar-refractivity contribution in [3.8, 4) is 0 Å². The lowest BCUT2D eigenvalue weighted by molar-refractivity contribution is -0.125. The fourth-order valence-corrected chi connectivity index (χ4v) is 1.92. The van der Waals surface area contributed by atoms with Crippen molar-refractivity contribution in [1.82, 2.24) is 5.32 Å². The Kier molecular flexibility index (Phi) is 4.12. The van der Waals surface area contributed by atoms with Crippen molar-refractivity contribution >= 4 is 17.5 Å². The summed E-state index contributed by atoms with van der Waals surface area (Å²) in [6.45, 7) is 6.48. The second-order valence-electron chi connectivity index (χ2n) is 6.37. The molecule has 0 aromatic heterocycles. The molecule has 1 saturated carbocycles. The minimum Gasteiger partial charge on any atom is -0.347 e. The molecule has 1 aliphatic rings. The van der Waals surface area contributed by atoms with Gasteiger partial charge in [-0.25, -0.2) is 0 Å². The van der Waals surface area contributed by atoms with Crippen LogP contribution in [0.4, 0.5) is 5.69 Å². The van der Waals surface area contributed by atoms with Crippen molar-refractivity contribution in [2.75, 3.05) is 11.9 Å². The van der Waals surface area contributed by atoms with E-state index in [-0.39, 0.29) is 29.7 Å². The topological polar surface area (TPSA) is 58.2 Å². The van der Waals surface area contributed by atoms with E-state index in [0.717, 1.165) is 18.5 Å². The molecule has 2 rings (SSSR count). The Balaban J connectivity index is 1.83. The zero-order valence-electron chi connectivity index (χ0n) is 12.3. The lowest BCUT2D eigenvalue weighted by Gasteiger charge is -2.19. The lowest BCUT2D eigenvalue weighted by atomic mass is 9.87. The normalized spacial score (nSPS) is 14.8. The average molecular weight is 274 g/mol. The Bertz CT molecular complexity index is 496. The van der Waals surface area contributed by atoms with Crippen molar-refractivity contribution in [3.63, 3.8) is 0 Å². The fourth-order valence-electron chi connectivity index (χ4n) is 1.92. The van der Waals surface area contributed by atoms with Gasteiger partial charge in [0.05, 0.1) is 6.54 Å². The molecule has 0 saturated heterocycles. The molecule has 1 aliphatic carbocycles. The van der Waals surface area contributed by atoms with Gasteiger partial charge in [0.15, 0.2) is 0 Å². The number of carbonyl (C=O) groups is 2. The maximum absolute atomic E-state index is 11.7. The highest BCUT2D eigenvalue weighted by atomic mass is 16.2. The number of hydrogen-bond donors (Lipinski definition) is 2. The Morgan fingerprint density at radius 2 is 1.75 bits per heavy atom. The standard InChI is InChI=1S/C16H22N2O2/c1-16(2,3)12-6-8-13(9-7-12)18-14(19)10-17-15(20)11-4-5-11/h6-9,11H,4-5,10H2,1-3H3,(H,17,20)(H,18,19). The van der Waals surface area contributed by atoms with Crippen molar-refractivity contribution in [2.24, 2.45) is 5.92 Å². The Morgan fingerprint density at radius 3 is 2.25 bits per heavy atom. The molecular weight excluding hydrogens is 252 g/mol. The summed E-state index contributed by atoms with van der Waals surface area (Å²) < 4.78 is 0. The van der Waals surface area contributed by atoms with Gasteiger partial charge < -0.3 is 10.6 Å². The Labute approximate surface area is 119 Å². The van der Waals surface area contributed by atoms with E-state index in [1.54, 1.807) is 0 Å². The van der Waals surface area contributed by atoms with Crippen LogP contribution in [0.5, 0.6) is 0 Å². The van der Waals surface area contributed by atoms with Gasteiger partial charge >= 0.3 is 0 Å². The highest BCUT2D eigenvalue weighted by Crippen LogP contribution is 2.28. The number of anilines is 1. The van der Waals surface area contributed by atoms with Gasteiger partial charge in [-0.15, -0.1) is 0 Å². The van der Waals surface area contributed by atoms with Gasteiger partial charge in [-0.3, -0.25) is 9.59 Å². The second-order valence-corrected chi connectivity index (χ2v) is 6.37. The van der Waals surface area contributed by atoms with Crippen LogP contribution in [-0.2, 0) is 15.0 Å². The molecule has 20 heavy (non-hydrogen) atoms. The van der Waals surface area contributed by atoms with E-state index >= 15 is 0 Å². The summed E-state index contributed by atoms with van der Waals surface area (Å²) >= 11 is 0. The molecule has 108 valence electrons. The number of carbonyl (C=O) groups excluding carboxylic acids is 2. The molecule has 4 nitrogen and oxygen atoms in total. The predicted molar refractivity (Wildman–Crippen MR) is 79.5 cm³/mol. The molecule has 0 heterocycles. The molecule has 0 radical (unpaired) electrons. The van der Waals surface area contributed by atoms with Crippen LogP contribution < -0.4 is 10.6 Å². The van der Waals surface area contributed by atoms with Crippen LogP contribution in [0.2, 0.25) is 0 Å². The van der Waals surface area contributed by atoms with E-state index in [2.05, 4.69) is 31.4 Å². The largest absolute Gasteiger partial charge is 0.347 e. The predicted octanol–water partition coefficient (Wildman–Crippen LogP) is 2.45. The first-order valence-corrected chi connectivity index (χ1v) is 7.04. The quantitative estimate of drug-likeness (QED) is 0.886. The monoisotopic (exact) mass is 274 g/mol. The molecule has 1 fully saturated rings. The first-order valence-electron chi connectivity index (χ1n) is 7.04. The third kappa shape index (κ3) is 4.08. The van der Waals surface area contributed by atoms with E-state index in [1.807, 2.05) is 24.3 Å². The van der Waals surface area contributed by atoms with Crippen LogP contribution in [0.15, 0.2) is 24.3 Å². The van der Waals surface area contributed by atoms with Crippen LogP contribution in [0.1, 0.15) is 39.2 Å². The molecule has 0 unspecified atom stereocenters. The minimum absolute atomic E-state index is 0.0109. The zero-order valence-corrected chi connectivity index (χ0v) is 12.3. The summed E-state index contributed by atoms with van der Waals surface area (Å²) in [5.74, 6) is -0.0698. The molecule has 0 aliphatic heterocycles. The first kappa shape index (κ1) is 14.6. The Hall–Kier alpha value is -1.84.